The van der Waals surface area contributed by atoms with Gasteiger partial charge in [-0.05, 0) is 31.0 Å². The van der Waals surface area contributed by atoms with E-state index in [0.717, 1.165) is 24.6 Å². The van der Waals surface area contributed by atoms with Gasteiger partial charge in [-0.15, -0.1) is 0 Å². The van der Waals surface area contributed by atoms with Crippen LogP contribution in [-0.4, -0.2) is 25.3 Å². The van der Waals surface area contributed by atoms with Crippen molar-refractivity contribution in [2.75, 3.05) is 13.2 Å². The molecule has 0 aromatic heterocycles. The van der Waals surface area contributed by atoms with Gasteiger partial charge in [-0.25, -0.2) is 0 Å². The van der Waals surface area contributed by atoms with Crippen molar-refractivity contribution in [3.63, 3.8) is 0 Å². The zero-order chi connectivity index (χ0) is 10.7. The molecule has 1 aromatic rings. The molecule has 1 aliphatic rings. The molecule has 0 spiro atoms. The molecule has 1 saturated heterocycles. The lowest BCUT2D eigenvalue weighted by molar-refractivity contribution is 0.00882. The van der Waals surface area contributed by atoms with E-state index in [1.54, 1.807) is 0 Å². The normalized spacial score (nSPS) is 26.5. The van der Waals surface area contributed by atoms with Crippen LogP contribution in [0.4, 0.5) is 0 Å². The molecule has 2 rings (SSSR count). The van der Waals surface area contributed by atoms with Gasteiger partial charge in [-0.3, -0.25) is 0 Å². The third kappa shape index (κ3) is 3.20. The Morgan fingerprint density at radius 1 is 1.40 bits per heavy atom. The van der Waals surface area contributed by atoms with Crippen LogP contribution in [0, 0.1) is 0 Å². The maximum Gasteiger partial charge on any atom is 0.0740 e. The molecule has 15 heavy (non-hydrogen) atoms. The summed E-state index contributed by atoms with van der Waals surface area (Å²) >= 11 is 5.83. The van der Waals surface area contributed by atoms with Crippen LogP contribution in [0.15, 0.2) is 24.3 Å². The molecule has 0 amide bonds. The van der Waals surface area contributed by atoms with Crippen LogP contribution in [0.2, 0.25) is 5.02 Å². The van der Waals surface area contributed by atoms with Crippen LogP contribution in [0.25, 0.3) is 0 Å². The molecule has 0 bridgehead atoms. The highest BCUT2D eigenvalue weighted by Gasteiger charge is 2.17. The Morgan fingerprint density at radius 3 is 2.73 bits per heavy atom. The fourth-order valence-corrected chi connectivity index (χ4v) is 1.87. The van der Waals surface area contributed by atoms with Crippen molar-refractivity contribution in [1.29, 1.82) is 0 Å². The summed E-state index contributed by atoms with van der Waals surface area (Å²) in [5.74, 6) is 0. The Labute approximate surface area is 95.6 Å². The Hall–Kier alpha value is -0.570. The zero-order valence-corrected chi connectivity index (χ0v) is 9.63. The largest absolute Gasteiger partial charge is 0.375 e. The molecule has 1 aromatic carbocycles. The molecular weight excluding hydrogens is 210 g/mol. The second-order valence-electron chi connectivity index (χ2n) is 4.10. The first-order valence-electron chi connectivity index (χ1n) is 5.33. The summed E-state index contributed by atoms with van der Waals surface area (Å²) in [6, 6.07) is 8.45. The summed E-state index contributed by atoms with van der Waals surface area (Å²) in [4.78, 5) is 0. The zero-order valence-electron chi connectivity index (χ0n) is 8.87. The molecule has 0 aliphatic carbocycles. The quantitative estimate of drug-likeness (QED) is 0.834. The van der Waals surface area contributed by atoms with Gasteiger partial charge in [0.15, 0.2) is 0 Å². The van der Waals surface area contributed by atoms with E-state index in [-0.39, 0.29) is 0 Å². The summed E-state index contributed by atoms with van der Waals surface area (Å²) in [6.45, 7) is 3.88. The second-order valence-corrected chi connectivity index (χ2v) is 4.53. The van der Waals surface area contributed by atoms with Crippen molar-refractivity contribution in [2.45, 2.75) is 25.5 Å². The number of ether oxygens (including phenoxy) is 1. The van der Waals surface area contributed by atoms with E-state index in [0.29, 0.717) is 12.1 Å². The predicted molar refractivity (Wildman–Crippen MR) is 62.4 cm³/mol. The molecule has 1 heterocycles. The molecular formula is C12H16ClNO. The third-order valence-corrected chi connectivity index (χ3v) is 2.90. The van der Waals surface area contributed by atoms with Crippen molar-refractivity contribution in [2.24, 2.45) is 0 Å². The van der Waals surface area contributed by atoms with Gasteiger partial charge in [0.2, 0.25) is 0 Å². The predicted octanol–water partition coefficient (Wildman–Crippen LogP) is 2.26. The Kier molecular flexibility index (Phi) is 3.62. The Morgan fingerprint density at radius 2 is 2.13 bits per heavy atom. The smallest absolute Gasteiger partial charge is 0.0740 e. The monoisotopic (exact) mass is 225 g/mol. The molecule has 1 aliphatic heterocycles. The average Bonchev–Trinajstić information content (AvgIpc) is 2.25. The minimum atomic E-state index is 0.294. The number of morpholine rings is 1. The molecule has 1 N–H and O–H groups in total. The van der Waals surface area contributed by atoms with Gasteiger partial charge in [-0.1, -0.05) is 23.7 Å². The van der Waals surface area contributed by atoms with Gasteiger partial charge >= 0.3 is 0 Å². The number of nitrogens with one attached hydrogen (secondary N) is 1. The molecule has 2 atom stereocenters. The van der Waals surface area contributed by atoms with E-state index in [1.165, 1.54) is 5.56 Å². The number of halogens is 1. The molecule has 3 heteroatoms. The van der Waals surface area contributed by atoms with Gasteiger partial charge in [0.05, 0.1) is 12.7 Å². The van der Waals surface area contributed by atoms with Crippen molar-refractivity contribution in [3.05, 3.63) is 34.9 Å². The third-order valence-electron chi connectivity index (χ3n) is 2.65. The molecule has 0 radical (unpaired) electrons. The fourth-order valence-electron chi connectivity index (χ4n) is 1.75. The summed E-state index contributed by atoms with van der Waals surface area (Å²) in [5, 5.41) is 4.20. The van der Waals surface area contributed by atoms with E-state index in [9.17, 15) is 0 Å². The molecule has 0 saturated carbocycles. The first-order valence-corrected chi connectivity index (χ1v) is 5.71. The van der Waals surface area contributed by atoms with Gasteiger partial charge in [0.1, 0.15) is 0 Å². The van der Waals surface area contributed by atoms with E-state index in [2.05, 4.69) is 24.4 Å². The minimum absolute atomic E-state index is 0.294. The van der Waals surface area contributed by atoms with Crippen molar-refractivity contribution in [1.82, 2.24) is 5.32 Å². The van der Waals surface area contributed by atoms with Crippen LogP contribution in [0.3, 0.4) is 0 Å². The maximum atomic E-state index is 5.83. The van der Waals surface area contributed by atoms with E-state index < -0.39 is 0 Å². The van der Waals surface area contributed by atoms with E-state index in [1.807, 2.05) is 12.1 Å². The Balaban J connectivity index is 1.89. The summed E-state index contributed by atoms with van der Waals surface area (Å²) in [6.07, 6.45) is 1.25. The highest BCUT2D eigenvalue weighted by molar-refractivity contribution is 6.30. The Bertz CT molecular complexity index is 304. The lowest BCUT2D eigenvalue weighted by atomic mass is 10.1. The van der Waals surface area contributed by atoms with E-state index in [4.69, 9.17) is 16.3 Å². The van der Waals surface area contributed by atoms with Crippen LogP contribution in [0.1, 0.15) is 12.5 Å². The van der Waals surface area contributed by atoms with Crippen LogP contribution < -0.4 is 5.32 Å². The molecule has 2 nitrogen and oxygen atoms in total. The van der Waals surface area contributed by atoms with Crippen LogP contribution >= 0.6 is 11.6 Å². The summed E-state index contributed by atoms with van der Waals surface area (Å²) in [5.41, 5.74) is 1.28. The number of hydrogen-bond donors (Lipinski definition) is 1. The molecule has 2 unspecified atom stereocenters. The fraction of sp³-hybridized carbons (Fsp3) is 0.500. The maximum absolute atomic E-state index is 5.83. The van der Waals surface area contributed by atoms with Crippen LogP contribution in [0.5, 0.6) is 0 Å². The summed E-state index contributed by atoms with van der Waals surface area (Å²) in [7, 11) is 0. The van der Waals surface area contributed by atoms with Crippen molar-refractivity contribution < 1.29 is 4.74 Å². The van der Waals surface area contributed by atoms with Crippen molar-refractivity contribution in [3.8, 4) is 0 Å². The van der Waals surface area contributed by atoms with E-state index >= 15 is 0 Å². The van der Waals surface area contributed by atoms with Crippen molar-refractivity contribution >= 4 is 11.6 Å². The second kappa shape index (κ2) is 4.97. The standard InChI is InChI=1S/C12H16ClNO/c1-9-8-15-12(7-14-9)6-10-2-4-11(13)5-3-10/h2-5,9,12,14H,6-8H2,1H3. The number of hydrogen-bond acceptors (Lipinski definition) is 2. The minimum Gasteiger partial charge on any atom is -0.375 e. The lowest BCUT2D eigenvalue weighted by Gasteiger charge is -2.28. The van der Waals surface area contributed by atoms with Crippen LogP contribution in [-0.2, 0) is 11.2 Å². The first-order chi connectivity index (χ1) is 7.24. The van der Waals surface area contributed by atoms with Gasteiger partial charge < -0.3 is 10.1 Å². The topological polar surface area (TPSA) is 21.3 Å². The van der Waals surface area contributed by atoms with Gasteiger partial charge in [0, 0.05) is 17.6 Å². The lowest BCUT2D eigenvalue weighted by Crippen LogP contribution is -2.45. The van der Waals surface area contributed by atoms with Gasteiger partial charge in [-0.2, -0.15) is 0 Å². The SMILES string of the molecule is CC1COC(Cc2ccc(Cl)cc2)CN1. The molecule has 1 fully saturated rings. The van der Waals surface area contributed by atoms with Gasteiger partial charge in [0.25, 0.3) is 0 Å². The number of benzene rings is 1. The first kappa shape index (κ1) is 10.9. The summed E-state index contributed by atoms with van der Waals surface area (Å²) < 4.78 is 5.73. The average molecular weight is 226 g/mol. The molecule has 82 valence electrons. The highest BCUT2D eigenvalue weighted by Crippen LogP contribution is 2.13. The number of rotatable bonds is 2. The highest BCUT2D eigenvalue weighted by atomic mass is 35.5.